The van der Waals surface area contributed by atoms with Crippen LogP contribution in [0.25, 0.3) is 0 Å². The smallest absolute Gasteiger partial charge is 0.339 e. The molecule has 2 aromatic rings. The van der Waals surface area contributed by atoms with Crippen LogP contribution in [-0.2, 0) is 11.2 Å². The molecule has 1 heterocycles. The second-order valence-corrected chi connectivity index (χ2v) is 5.93. The topological polar surface area (TPSA) is 38.3 Å². The van der Waals surface area contributed by atoms with E-state index >= 15 is 0 Å². The lowest BCUT2D eigenvalue weighted by Gasteiger charge is -2.25. The van der Waals surface area contributed by atoms with Gasteiger partial charge in [0.25, 0.3) is 0 Å². The molecular weight excluding hydrogens is 270 g/mol. The average Bonchev–Trinajstić information content (AvgIpc) is 2.96. The molecule has 0 amide bonds. The molecule has 3 nitrogen and oxygen atoms in total. The number of benzene rings is 1. The summed E-state index contributed by atoms with van der Waals surface area (Å²) >= 11 is 1.82. The number of ether oxygens (including phenoxy) is 1. The summed E-state index contributed by atoms with van der Waals surface area (Å²) in [6.45, 7) is 0. The number of esters is 1. The zero-order valence-electron chi connectivity index (χ0n) is 11.4. The number of methoxy groups -OCH3 is 1. The monoisotopic (exact) mass is 287 g/mol. The molecule has 0 radical (unpaired) electrons. The lowest BCUT2D eigenvalue weighted by Crippen LogP contribution is -2.17. The van der Waals surface area contributed by atoms with E-state index in [1.54, 1.807) is 6.07 Å². The molecule has 0 saturated carbocycles. The average molecular weight is 287 g/mol. The SMILES string of the molecule is COC(=O)c1ccccc1NC1CCCc2sccc21. The number of carbonyl (C=O) groups excluding carboxylic acids is 1. The molecule has 3 rings (SSSR count). The van der Waals surface area contributed by atoms with Crippen LogP contribution in [0.1, 0.15) is 39.7 Å². The fourth-order valence-corrected chi connectivity index (χ4v) is 3.71. The third-order valence-corrected chi connectivity index (χ3v) is 4.71. The summed E-state index contributed by atoms with van der Waals surface area (Å²) in [5.74, 6) is -0.297. The van der Waals surface area contributed by atoms with Crippen molar-refractivity contribution in [3.8, 4) is 0 Å². The summed E-state index contributed by atoms with van der Waals surface area (Å²) in [6, 6.07) is 10.0. The summed E-state index contributed by atoms with van der Waals surface area (Å²) < 4.78 is 4.84. The first-order chi connectivity index (χ1) is 9.79. The second-order valence-electron chi connectivity index (χ2n) is 4.93. The van der Waals surface area contributed by atoms with Crippen molar-refractivity contribution in [2.24, 2.45) is 0 Å². The maximum absolute atomic E-state index is 11.8. The lowest BCUT2D eigenvalue weighted by atomic mass is 9.93. The van der Waals surface area contributed by atoms with Crippen molar-refractivity contribution >= 4 is 23.0 Å². The number of carbonyl (C=O) groups is 1. The molecule has 0 aliphatic heterocycles. The molecule has 1 aromatic carbocycles. The Labute approximate surface area is 122 Å². The molecule has 1 unspecified atom stereocenters. The molecule has 1 N–H and O–H groups in total. The molecule has 1 aliphatic rings. The van der Waals surface area contributed by atoms with Crippen molar-refractivity contribution in [1.82, 2.24) is 0 Å². The van der Waals surface area contributed by atoms with E-state index < -0.39 is 0 Å². The largest absolute Gasteiger partial charge is 0.465 e. The first kappa shape index (κ1) is 13.2. The fraction of sp³-hybridized carbons (Fsp3) is 0.312. The minimum atomic E-state index is -0.297. The van der Waals surface area contributed by atoms with Gasteiger partial charge < -0.3 is 10.1 Å². The zero-order valence-corrected chi connectivity index (χ0v) is 12.2. The van der Waals surface area contributed by atoms with E-state index in [2.05, 4.69) is 16.8 Å². The number of thiophene rings is 1. The van der Waals surface area contributed by atoms with Crippen LogP contribution in [0.15, 0.2) is 35.7 Å². The third-order valence-electron chi connectivity index (χ3n) is 3.71. The maximum Gasteiger partial charge on any atom is 0.339 e. The Bertz CT molecular complexity index is 620. The van der Waals surface area contributed by atoms with E-state index in [1.165, 1.54) is 30.4 Å². The van der Waals surface area contributed by atoms with E-state index in [0.717, 1.165) is 12.1 Å². The third kappa shape index (κ3) is 2.43. The van der Waals surface area contributed by atoms with Crippen molar-refractivity contribution in [2.45, 2.75) is 25.3 Å². The van der Waals surface area contributed by atoms with Crippen LogP contribution in [0.4, 0.5) is 5.69 Å². The Kier molecular flexibility index (Phi) is 3.74. The van der Waals surface area contributed by atoms with Crippen molar-refractivity contribution < 1.29 is 9.53 Å². The van der Waals surface area contributed by atoms with E-state index in [1.807, 2.05) is 29.5 Å². The number of hydrogen-bond acceptors (Lipinski definition) is 4. The number of nitrogens with one attached hydrogen (secondary N) is 1. The van der Waals surface area contributed by atoms with Gasteiger partial charge in [0.1, 0.15) is 0 Å². The Morgan fingerprint density at radius 3 is 3.05 bits per heavy atom. The molecule has 0 saturated heterocycles. The van der Waals surface area contributed by atoms with Crippen LogP contribution < -0.4 is 5.32 Å². The predicted molar refractivity (Wildman–Crippen MR) is 81.4 cm³/mol. The Morgan fingerprint density at radius 2 is 2.20 bits per heavy atom. The van der Waals surface area contributed by atoms with Crippen molar-refractivity contribution in [2.75, 3.05) is 12.4 Å². The van der Waals surface area contributed by atoms with Gasteiger partial charge >= 0.3 is 5.97 Å². The van der Waals surface area contributed by atoms with Gasteiger partial charge in [0.15, 0.2) is 0 Å². The summed E-state index contributed by atoms with van der Waals surface area (Å²) in [5, 5.41) is 5.66. The van der Waals surface area contributed by atoms with Gasteiger partial charge in [-0.3, -0.25) is 0 Å². The molecule has 1 atom stereocenters. The number of aryl methyl sites for hydroxylation is 1. The number of rotatable bonds is 3. The van der Waals surface area contributed by atoms with E-state index in [-0.39, 0.29) is 12.0 Å². The highest BCUT2D eigenvalue weighted by atomic mass is 32.1. The minimum absolute atomic E-state index is 0.288. The van der Waals surface area contributed by atoms with Gasteiger partial charge in [-0.15, -0.1) is 11.3 Å². The van der Waals surface area contributed by atoms with Gasteiger partial charge in [0.2, 0.25) is 0 Å². The van der Waals surface area contributed by atoms with Crippen LogP contribution in [-0.4, -0.2) is 13.1 Å². The molecular formula is C16H17NO2S. The van der Waals surface area contributed by atoms with Crippen LogP contribution in [0.3, 0.4) is 0 Å². The van der Waals surface area contributed by atoms with E-state index in [0.29, 0.717) is 5.56 Å². The second kappa shape index (κ2) is 5.67. The molecule has 1 aromatic heterocycles. The molecule has 1 aliphatic carbocycles. The lowest BCUT2D eigenvalue weighted by molar-refractivity contribution is 0.0602. The van der Waals surface area contributed by atoms with Gasteiger partial charge in [-0.1, -0.05) is 12.1 Å². The van der Waals surface area contributed by atoms with Crippen molar-refractivity contribution in [1.29, 1.82) is 0 Å². The van der Waals surface area contributed by atoms with Gasteiger partial charge in [-0.05, 0) is 48.4 Å². The van der Waals surface area contributed by atoms with Crippen LogP contribution >= 0.6 is 11.3 Å². The normalized spacial score (nSPS) is 17.4. The highest BCUT2D eigenvalue weighted by Gasteiger charge is 2.22. The van der Waals surface area contributed by atoms with Gasteiger partial charge in [0, 0.05) is 10.6 Å². The number of fused-ring (bicyclic) bond motifs is 1. The van der Waals surface area contributed by atoms with Crippen molar-refractivity contribution in [3.63, 3.8) is 0 Å². The molecule has 20 heavy (non-hydrogen) atoms. The molecule has 0 bridgehead atoms. The molecule has 0 spiro atoms. The van der Waals surface area contributed by atoms with Gasteiger partial charge in [-0.25, -0.2) is 4.79 Å². The van der Waals surface area contributed by atoms with Crippen LogP contribution in [0.2, 0.25) is 0 Å². The quantitative estimate of drug-likeness (QED) is 0.866. The Balaban J connectivity index is 1.88. The number of para-hydroxylation sites is 1. The highest BCUT2D eigenvalue weighted by Crippen LogP contribution is 2.36. The molecule has 4 heteroatoms. The molecule has 104 valence electrons. The minimum Gasteiger partial charge on any atom is -0.465 e. The van der Waals surface area contributed by atoms with Crippen LogP contribution in [0, 0.1) is 0 Å². The Morgan fingerprint density at radius 1 is 1.35 bits per heavy atom. The van der Waals surface area contributed by atoms with Crippen LogP contribution in [0.5, 0.6) is 0 Å². The summed E-state index contributed by atoms with van der Waals surface area (Å²) in [6.07, 6.45) is 3.45. The first-order valence-electron chi connectivity index (χ1n) is 6.79. The Hall–Kier alpha value is -1.81. The fourth-order valence-electron chi connectivity index (χ4n) is 2.72. The van der Waals surface area contributed by atoms with Gasteiger partial charge in [-0.2, -0.15) is 0 Å². The summed E-state index contributed by atoms with van der Waals surface area (Å²) in [4.78, 5) is 13.3. The molecule has 0 fully saturated rings. The summed E-state index contributed by atoms with van der Waals surface area (Å²) in [5.41, 5.74) is 2.82. The zero-order chi connectivity index (χ0) is 13.9. The number of hydrogen-bond donors (Lipinski definition) is 1. The highest BCUT2D eigenvalue weighted by molar-refractivity contribution is 7.10. The standard InChI is InChI=1S/C16H17NO2S/c1-19-16(18)12-5-2-3-6-14(12)17-13-7-4-8-15-11(13)9-10-20-15/h2-3,5-6,9-10,13,17H,4,7-8H2,1H3. The maximum atomic E-state index is 11.8. The first-order valence-corrected chi connectivity index (χ1v) is 7.67. The predicted octanol–water partition coefficient (Wildman–Crippen LogP) is 4.02. The van der Waals surface area contributed by atoms with E-state index in [4.69, 9.17) is 4.74 Å². The van der Waals surface area contributed by atoms with Crippen molar-refractivity contribution in [3.05, 3.63) is 51.7 Å². The van der Waals surface area contributed by atoms with E-state index in [9.17, 15) is 4.79 Å². The number of anilines is 1. The van der Waals surface area contributed by atoms with Gasteiger partial charge in [0.05, 0.1) is 18.7 Å². The summed E-state index contributed by atoms with van der Waals surface area (Å²) in [7, 11) is 1.41.